The van der Waals surface area contributed by atoms with Gasteiger partial charge in [-0.1, -0.05) is 17.4 Å². The molecule has 0 N–H and O–H groups in total. The molecule has 2 saturated heterocycles. The van der Waals surface area contributed by atoms with Crippen LogP contribution in [0.4, 0.5) is 9.93 Å². The van der Waals surface area contributed by atoms with Crippen LogP contribution in [0.2, 0.25) is 0 Å². The molecule has 2 aliphatic rings. The first kappa shape index (κ1) is 26.2. The van der Waals surface area contributed by atoms with Gasteiger partial charge in [-0.05, 0) is 43.3 Å². The van der Waals surface area contributed by atoms with Crippen molar-refractivity contribution < 1.29 is 32.2 Å². The number of nitrogens with zero attached hydrogens (tertiary/aromatic N) is 4. The summed E-state index contributed by atoms with van der Waals surface area (Å²) in [6.07, 6.45) is -0.724. The molecule has 2 fully saturated rings. The number of para-hydroxylation sites is 1. The van der Waals surface area contributed by atoms with E-state index in [1.165, 1.54) is 33.5 Å². The molecular weight excluding hydrogens is 532 g/mol. The maximum Gasteiger partial charge on any atom is 0.409 e. The van der Waals surface area contributed by atoms with E-state index in [-0.39, 0.29) is 49.3 Å². The number of ether oxygens (including phenoxy) is 3. The fourth-order valence-electron chi connectivity index (χ4n) is 4.34. The third-order valence-corrected chi connectivity index (χ3v) is 9.47. The van der Waals surface area contributed by atoms with Crippen LogP contribution in [0.25, 0.3) is 10.2 Å². The molecule has 202 valence electrons. The minimum atomic E-state index is -3.76. The Kier molecular flexibility index (Phi) is 7.41. The van der Waals surface area contributed by atoms with Crippen molar-refractivity contribution in [3.05, 3.63) is 48.0 Å². The molecule has 0 radical (unpaired) electrons. The van der Waals surface area contributed by atoms with Crippen LogP contribution in [0.5, 0.6) is 5.75 Å². The zero-order valence-electron chi connectivity index (χ0n) is 21.0. The molecule has 0 aliphatic carbocycles. The van der Waals surface area contributed by atoms with E-state index in [1.54, 1.807) is 25.4 Å². The Morgan fingerprint density at radius 3 is 2.42 bits per heavy atom. The van der Waals surface area contributed by atoms with Crippen LogP contribution in [0.1, 0.15) is 17.3 Å². The molecule has 2 aromatic carbocycles. The fourth-order valence-corrected chi connectivity index (χ4v) is 6.76. The molecule has 11 nitrogen and oxygen atoms in total. The lowest BCUT2D eigenvalue weighted by Gasteiger charge is -2.38. The average molecular weight is 561 g/mol. The van der Waals surface area contributed by atoms with Crippen LogP contribution in [0.15, 0.2) is 47.4 Å². The molecule has 3 heterocycles. The quantitative estimate of drug-likeness (QED) is 0.402. The molecule has 0 unspecified atom stereocenters. The van der Waals surface area contributed by atoms with Crippen LogP contribution in [0.3, 0.4) is 0 Å². The van der Waals surface area contributed by atoms with Crippen molar-refractivity contribution in [2.75, 3.05) is 57.9 Å². The number of fused-ring (bicyclic) bond motifs is 1. The van der Waals surface area contributed by atoms with Gasteiger partial charge in [-0.3, -0.25) is 0 Å². The zero-order chi connectivity index (χ0) is 26.9. The number of aromatic nitrogens is 1. The second-order valence-corrected chi connectivity index (χ2v) is 11.8. The van der Waals surface area contributed by atoms with Gasteiger partial charge in [-0.2, -0.15) is 4.31 Å². The second kappa shape index (κ2) is 10.8. The SMILES string of the molecule is CCOC(=O)N1CCN(S(=O)(=O)c2ccc(C(=O)OC3CN(c4nc5c(OC)cccc5s4)C3)cc2)CC1. The number of rotatable bonds is 7. The van der Waals surface area contributed by atoms with E-state index in [0.717, 1.165) is 21.1 Å². The molecule has 2 aliphatic heterocycles. The van der Waals surface area contributed by atoms with E-state index in [1.807, 2.05) is 23.1 Å². The molecular formula is C25H28N4O7S2. The van der Waals surface area contributed by atoms with E-state index in [9.17, 15) is 18.0 Å². The number of thiazole rings is 1. The van der Waals surface area contributed by atoms with Gasteiger partial charge in [0.2, 0.25) is 10.0 Å². The summed E-state index contributed by atoms with van der Waals surface area (Å²) in [6, 6.07) is 11.5. The zero-order valence-corrected chi connectivity index (χ0v) is 22.7. The van der Waals surface area contributed by atoms with Gasteiger partial charge in [0.25, 0.3) is 0 Å². The minimum Gasteiger partial charge on any atom is -0.494 e. The molecule has 38 heavy (non-hydrogen) atoms. The van der Waals surface area contributed by atoms with E-state index >= 15 is 0 Å². The van der Waals surface area contributed by atoms with Gasteiger partial charge in [-0.15, -0.1) is 0 Å². The molecule has 0 saturated carbocycles. The van der Waals surface area contributed by atoms with Gasteiger partial charge in [-0.25, -0.2) is 23.0 Å². The van der Waals surface area contributed by atoms with Gasteiger partial charge in [0.05, 0.1) is 42.0 Å². The summed E-state index contributed by atoms with van der Waals surface area (Å²) in [5, 5.41) is 0.842. The van der Waals surface area contributed by atoms with E-state index in [2.05, 4.69) is 4.98 Å². The van der Waals surface area contributed by atoms with Gasteiger partial charge in [0.15, 0.2) is 5.13 Å². The summed E-state index contributed by atoms with van der Waals surface area (Å²) < 4.78 is 44.4. The first-order valence-electron chi connectivity index (χ1n) is 12.2. The fraction of sp³-hybridized carbons (Fsp3) is 0.400. The van der Waals surface area contributed by atoms with Gasteiger partial charge in [0, 0.05) is 26.2 Å². The number of piperazine rings is 1. The lowest BCUT2D eigenvalue weighted by molar-refractivity contribution is 0.0234. The Morgan fingerprint density at radius 1 is 1.05 bits per heavy atom. The Labute approximate surface area is 224 Å². The predicted molar refractivity (Wildman–Crippen MR) is 141 cm³/mol. The Hall–Kier alpha value is -3.42. The van der Waals surface area contributed by atoms with Gasteiger partial charge >= 0.3 is 12.1 Å². The highest BCUT2D eigenvalue weighted by molar-refractivity contribution is 7.89. The molecule has 5 rings (SSSR count). The van der Waals surface area contributed by atoms with Crippen molar-refractivity contribution in [1.82, 2.24) is 14.2 Å². The van der Waals surface area contributed by atoms with Gasteiger partial charge in [0.1, 0.15) is 17.4 Å². The average Bonchev–Trinajstić information content (AvgIpc) is 3.34. The largest absolute Gasteiger partial charge is 0.494 e. The number of anilines is 1. The minimum absolute atomic E-state index is 0.0831. The van der Waals surface area contributed by atoms with Crippen molar-refractivity contribution in [3.63, 3.8) is 0 Å². The number of hydrogen-bond donors (Lipinski definition) is 0. The van der Waals surface area contributed by atoms with Crippen molar-refractivity contribution in [2.24, 2.45) is 0 Å². The normalized spacial score (nSPS) is 16.8. The number of amides is 1. The summed E-state index contributed by atoms with van der Waals surface area (Å²) in [5.74, 6) is 0.213. The Bertz CT molecular complexity index is 1430. The molecule has 1 amide bonds. The number of methoxy groups -OCH3 is 1. The van der Waals surface area contributed by atoms with E-state index in [4.69, 9.17) is 14.2 Å². The van der Waals surface area contributed by atoms with Crippen LogP contribution in [0, 0.1) is 0 Å². The Morgan fingerprint density at radius 2 is 1.76 bits per heavy atom. The number of sulfonamides is 1. The van der Waals surface area contributed by atoms with E-state index < -0.39 is 22.1 Å². The molecule has 3 aromatic rings. The number of hydrogen-bond acceptors (Lipinski definition) is 10. The first-order valence-corrected chi connectivity index (χ1v) is 14.5. The molecule has 0 spiro atoms. The highest BCUT2D eigenvalue weighted by Crippen LogP contribution is 2.36. The summed E-state index contributed by atoms with van der Waals surface area (Å²) >= 11 is 1.56. The van der Waals surface area contributed by atoms with Gasteiger partial charge < -0.3 is 24.0 Å². The summed E-state index contributed by atoms with van der Waals surface area (Å²) in [5.41, 5.74) is 1.09. The predicted octanol–water partition coefficient (Wildman–Crippen LogP) is 2.81. The monoisotopic (exact) mass is 560 g/mol. The molecule has 0 bridgehead atoms. The van der Waals surface area contributed by atoms with E-state index in [0.29, 0.717) is 13.1 Å². The smallest absolute Gasteiger partial charge is 0.409 e. The first-order chi connectivity index (χ1) is 18.3. The summed E-state index contributed by atoms with van der Waals surface area (Å²) in [6.45, 7) is 3.90. The van der Waals surface area contributed by atoms with Crippen LogP contribution >= 0.6 is 11.3 Å². The second-order valence-electron chi connectivity index (χ2n) is 8.85. The maximum absolute atomic E-state index is 13.0. The Balaban J connectivity index is 1.15. The summed E-state index contributed by atoms with van der Waals surface area (Å²) in [7, 11) is -2.14. The number of benzene rings is 2. The van der Waals surface area contributed by atoms with Crippen molar-refractivity contribution in [3.8, 4) is 5.75 Å². The topological polar surface area (TPSA) is 119 Å². The highest BCUT2D eigenvalue weighted by atomic mass is 32.2. The number of carbonyl (C=O) groups is 2. The van der Waals surface area contributed by atoms with Crippen LogP contribution in [-0.4, -0.2) is 93.8 Å². The third-order valence-electron chi connectivity index (χ3n) is 6.48. The lowest BCUT2D eigenvalue weighted by Crippen LogP contribution is -2.53. The van der Waals surface area contributed by atoms with Crippen molar-refractivity contribution >= 4 is 48.8 Å². The lowest BCUT2D eigenvalue weighted by atomic mass is 10.2. The van der Waals surface area contributed by atoms with Crippen molar-refractivity contribution in [2.45, 2.75) is 17.9 Å². The van der Waals surface area contributed by atoms with Crippen molar-refractivity contribution in [1.29, 1.82) is 0 Å². The highest BCUT2D eigenvalue weighted by Gasteiger charge is 2.33. The van der Waals surface area contributed by atoms with Crippen LogP contribution < -0.4 is 9.64 Å². The number of carbonyl (C=O) groups excluding carboxylic acids is 2. The van der Waals surface area contributed by atoms with Crippen LogP contribution in [-0.2, 0) is 19.5 Å². The molecule has 0 atom stereocenters. The standard InChI is InChI=1S/C25H28N4O7S2/c1-3-35-25(31)27-11-13-29(14-12-27)38(32,33)19-9-7-17(8-10-19)23(30)36-18-15-28(16-18)24-26-22-20(34-2)5-4-6-21(22)37-24/h4-10,18H,3,11-16H2,1-2H3. The number of esters is 1. The summed E-state index contributed by atoms with van der Waals surface area (Å²) in [4.78, 5) is 32.8. The maximum atomic E-state index is 13.0. The molecule has 13 heteroatoms. The molecule has 1 aromatic heterocycles. The third kappa shape index (κ3) is 5.13.